The highest BCUT2D eigenvalue weighted by Gasteiger charge is 2.11. The van der Waals surface area contributed by atoms with Crippen LogP contribution in [0, 0.1) is 0 Å². The van der Waals surface area contributed by atoms with Gasteiger partial charge in [-0.15, -0.1) is 0 Å². The highest BCUT2D eigenvalue weighted by molar-refractivity contribution is 5.89. The summed E-state index contributed by atoms with van der Waals surface area (Å²) in [5, 5.41) is 24.0. The summed E-state index contributed by atoms with van der Waals surface area (Å²) >= 11 is 0. The fourth-order valence-electron chi connectivity index (χ4n) is 0.959. The average molecular weight is 276 g/mol. The Morgan fingerprint density at radius 2 is 1.42 bits per heavy atom. The smallest absolute Gasteiger partial charge is 0.328 e. The Morgan fingerprint density at radius 3 is 1.68 bits per heavy atom. The second-order valence-electron chi connectivity index (χ2n) is 4.48. The van der Waals surface area contributed by atoms with Crippen molar-refractivity contribution in [1.82, 2.24) is 0 Å². The molecule has 7 nitrogen and oxygen atoms in total. The third-order valence-corrected chi connectivity index (χ3v) is 2.38. The second-order valence-corrected chi connectivity index (χ2v) is 4.48. The van der Waals surface area contributed by atoms with Crippen LogP contribution in [-0.2, 0) is 14.4 Å². The van der Waals surface area contributed by atoms with E-state index in [1.165, 1.54) is 0 Å². The van der Waals surface area contributed by atoms with E-state index < -0.39 is 17.9 Å². The number of carboxylic acid groups (broad SMARTS) is 3. The molecule has 110 valence electrons. The predicted octanol–water partition coefficient (Wildman–Crippen LogP) is 0.659. The van der Waals surface area contributed by atoms with Gasteiger partial charge in [-0.25, -0.2) is 9.59 Å². The van der Waals surface area contributed by atoms with Crippen LogP contribution in [0.4, 0.5) is 0 Å². The zero-order valence-corrected chi connectivity index (χ0v) is 11.5. The van der Waals surface area contributed by atoms with Gasteiger partial charge in [-0.1, -0.05) is 0 Å². The molecule has 0 aliphatic heterocycles. The summed E-state index contributed by atoms with van der Waals surface area (Å²) < 4.78 is 0.910. The van der Waals surface area contributed by atoms with Gasteiger partial charge >= 0.3 is 17.9 Å². The number of rotatable bonds is 7. The van der Waals surface area contributed by atoms with Gasteiger partial charge in [0.25, 0.3) is 0 Å². The van der Waals surface area contributed by atoms with Crippen LogP contribution in [0.5, 0.6) is 0 Å². The van der Waals surface area contributed by atoms with Crippen LogP contribution in [0.25, 0.3) is 0 Å². The van der Waals surface area contributed by atoms with E-state index in [4.69, 9.17) is 15.3 Å². The van der Waals surface area contributed by atoms with Crippen LogP contribution in [0.1, 0.15) is 19.8 Å². The first-order valence-electron chi connectivity index (χ1n) is 5.78. The van der Waals surface area contributed by atoms with Gasteiger partial charge in [0.1, 0.15) is 0 Å². The number of carbonyl (C=O) groups is 3. The molecule has 0 rings (SSSR count). The Balaban J connectivity index is 0. The van der Waals surface area contributed by atoms with Gasteiger partial charge < -0.3 is 19.8 Å². The van der Waals surface area contributed by atoms with Gasteiger partial charge in [-0.05, 0) is 6.92 Å². The van der Waals surface area contributed by atoms with Gasteiger partial charge in [0.05, 0.1) is 33.6 Å². The largest absolute Gasteiger partial charge is 0.481 e. The molecule has 7 heteroatoms. The summed E-state index contributed by atoms with van der Waals surface area (Å²) in [6, 6.07) is 0. The lowest BCUT2D eigenvalue weighted by Crippen LogP contribution is -2.40. The molecule has 0 aromatic rings. The van der Waals surface area contributed by atoms with Gasteiger partial charge in [0, 0.05) is 18.6 Å². The summed E-state index contributed by atoms with van der Waals surface area (Å²) in [7, 11) is 4.23. The van der Waals surface area contributed by atoms with Crippen molar-refractivity contribution in [3.05, 3.63) is 12.2 Å². The molecule has 0 aromatic carbocycles. The lowest BCUT2D eigenvalue weighted by Gasteiger charge is -2.27. The maximum absolute atomic E-state index is 10.2. The first-order chi connectivity index (χ1) is 8.60. The highest BCUT2D eigenvalue weighted by atomic mass is 16.4. The van der Waals surface area contributed by atoms with E-state index in [9.17, 15) is 14.4 Å². The number of hydrogen-bond acceptors (Lipinski definition) is 3. The Morgan fingerprint density at radius 1 is 1.00 bits per heavy atom. The Kier molecular flexibility index (Phi) is 10.3. The van der Waals surface area contributed by atoms with E-state index in [1.807, 2.05) is 0 Å². The van der Waals surface area contributed by atoms with Crippen molar-refractivity contribution in [3.63, 3.8) is 0 Å². The standard InChI is InChI=1S/C8H17NO2.C4H4O4/c1-4-9(2,3)7-5-6-8(10)11;5-3(6)1-2-4(7)8/h4-7H2,1-3H3;1-2H,(H,5,6)(H,7,8)/p+1/b;2-1+. The van der Waals surface area contributed by atoms with Crippen molar-refractivity contribution in [3.8, 4) is 0 Å². The summed E-state index contributed by atoms with van der Waals surface area (Å²) in [6.07, 6.45) is 2.18. The number of aliphatic carboxylic acids is 3. The number of quaternary nitrogens is 1. The monoisotopic (exact) mass is 276 g/mol. The molecule has 19 heavy (non-hydrogen) atoms. The Bertz CT molecular complexity index is 319. The minimum atomic E-state index is -1.26. The van der Waals surface area contributed by atoms with E-state index in [0.29, 0.717) is 18.6 Å². The lowest BCUT2D eigenvalue weighted by molar-refractivity contribution is -0.888. The van der Waals surface area contributed by atoms with Crippen LogP contribution in [0.2, 0.25) is 0 Å². The summed E-state index contributed by atoms with van der Waals surface area (Å²) in [5.74, 6) is -3.21. The van der Waals surface area contributed by atoms with Crippen LogP contribution in [0.3, 0.4) is 0 Å². The minimum absolute atomic E-state index is 0.293. The van der Waals surface area contributed by atoms with Crippen LogP contribution >= 0.6 is 0 Å². The van der Waals surface area contributed by atoms with E-state index in [1.54, 1.807) is 0 Å². The third kappa shape index (κ3) is 18.7. The van der Waals surface area contributed by atoms with Crippen molar-refractivity contribution >= 4 is 17.9 Å². The van der Waals surface area contributed by atoms with E-state index in [0.717, 1.165) is 24.0 Å². The van der Waals surface area contributed by atoms with Crippen molar-refractivity contribution in [2.45, 2.75) is 19.8 Å². The van der Waals surface area contributed by atoms with Crippen molar-refractivity contribution in [2.75, 3.05) is 27.2 Å². The topological polar surface area (TPSA) is 112 Å². The molecule has 0 unspecified atom stereocenters. The highest BCUT2D eigenvalue weighted by Crippen LogP contribution is 2.00. The van der Waals surface area contributed by atoms with Gasteiger partial charge in [0.2, 0.25) is 0 Å². The normalized spacial score (nSPS) is 10.7. The number of carboxylic acids is 3. The summed E-state index contributed by atoms with van der Waals surface area (Å²) in [5.41, 5.74) is 0. The van der Waals surface area contributed by atoms with Gasteiger partial charge in [-0.2, -0.15) is 0 Å². The third-order valence-electron chi connectivity index (χ3n) is 2.38. The van der Waals surface area contributed by atoms with Crippen LogP contribution in [-0.4, -0.2) is 64.9 Å². The van der Waals surface area contributed by atoms with Crippen molar-refractivity contribution < 1.29 is 34.2 Å². The zero-order valence-electron chi connectivity index (χ0n) is 11.5. The van der Waals surface area contributed by atoms with E-state index in [2.05, 4.69) is 21.0 Å². The fourth-order valence-corrected chi connectivity index (χ4v) is 0.959. The van der Waals surface area contributed by atoms with Gasteiger partial charge in [-0.3, -0.25) is 4.79 Å². The Labute approximate surface area is 112 Å². The molecule has 0 saturated heterocycles. The molecule has 0 heterocycles. The second kappa shape index (κ2) is 10.1. The summed E-state index contributed by atoms with van der Waals surface area (Å²) in [4.78, 5) is 29.3. The average Bonchev–Trinajstić information content (AvgIpc) is 2.26. The SMILES string of the molecule is CC[N+](C)(C)CCCC(=O)O.O=C(O)/C=C/C(=O)O. The molecule has 0 spiro atoms. The number of hydrogen-bond donors (Lipinski definition) is 3. The molecule has 0 aromatic heterocycles. The van der Waals surface area contributed by atoms with E-state index >= 15 is 0 Å². The molecule has 0 bridgehead atoms. The maximum atomic E-state index is 10.2. The minimum Gasteiger partial charge on any atom is -0.481 e. The number of nitrogens with zero attached hydrogens (tertiary/aromatic N) is 1. The predicted molar refractivity (Wildman–Crippen MR) is 68.8 cm³/mol. The quantitative estimate of drug-likeness (QED) is 0.465. The first kappa shape index (κ1) is 19.4. The molecular formula is C12H22NO6+. The van der Waals surface area contributed by atoms with Crippen molar-refractivity contribution in [1.29, 1.82) is 0 Å². The molecule has 3 N–H and O–H groups in total. The summed E-state index contributed by atoms with van der Waals surface area (Å²) in [6.45, 7) is 4.11. The molecule has 0 aliphatic rings. The molecular weight excluding hydrogens is 254 g/mol. The van der Waals surface area contributed by atoms with Gasteiger partial charge in [0.15, 0.2) is 0 Å². The fraction of sp³-hybridized carbons (Fsp3) is 0.583. The maximum Gasteiger partial charge on any atom is 0.328 e. The molecule has 0 aliphatic carbocycles. The van der Waals surface area contributed by atoms with Crippen LogP contribution < -0.4 is 0 Å². The molecule has 0 amide bonds. The molecule has 0 fully saturated rings. The van der Waals surface area contributed by atoms with E-state index in [-0.39, 0.29) is 0 Å². The molecule has 0 radical (unpaired) electrons. The first-order valence-corrected chi connectivity index (χ1v) is 5.78. The zero-order chi connectivity index (χ0) is 15.5. The molecule has 0 atom stereocenters. The van der Waals surface area contributed by atoms with Crippen LogP contribution in [0.15, 0.2) is 12.2 Å². The lowest BCUT2D eigenvalue weighted by atomic mass is 10.3. The molecule has 0 saturated carbocycles. The van der Waals surface area contributed by atoms with Crippen molar-refractivity contribution in [2.24, 2.45) is 0 Å². The Hall–Kier alpha value is -1.89.